The molecular weight excluding hydrogens is 261 g/mol. The number of pyridine rings is 1. The Bertz CT molecular complexity index is 402. The number of aromatic nitrogens is 1. The highest BCUT2D eigenvalue weighted by molar-refractivity contribution is 5.09. The van der Waals surface area contributed by atoms with E-state index in [2.05, 4.69) is 15.2 Å². The van der Waals surface area contributed by atoms with Crippen molar-refractivity contribution in [2.24, 2.45) is 0 Å². The van der Waals surface area contributed by atoms with E-state index in [-0.39, 0.29) is 24.6 Å². The number of nitrogens with zero attached hydrogens (tertiary/aromatic N) is 2. The molecule has 0 saturated carbocycles. The van der Waals surface area contributed by atoms with Gasteiger partial charge in [-0.1, -0.05) is 0 Å². The SMILES string of the molecule is CNC(CCN1CCOC(CO)C1)c1ccc(F)cn1. The minimum Gasteiger partial charge on any atom is -0.394 e. The maximum Gasteiger partial charge on any atom is 0.141 e. The van der Waals surface area contributed by atoms with Crippen molar-refractivity contribution >= 4 is 0 Å². The minimum absolute atomic E-state index is 0.0610. The second kappa shape index (κ2) is 7.64. The van der Waals surface area contributed by atoms with E-state index in [1.165, 1.54) is 12.3 Å². The van der Waals surface area contributed by atoms with Crippen molar-refractivity contribution in [3.8, 4) is 0 Å². The van der Waals surface area contributed by atoms with Crippen LogP contribution in [-0.4, -0.2) is 61.0 Å². The molecule has 2 unspecified atom stereocenters. The van der Waals surface area contributed by atoms with Gasteiger partial charge >= 0.3 is 0 Å². The molecule has 6 heteroatoms. The van der Waals surface area contributed by atoms with Crippen LogP contribution in [0.2, 0.25) is 0 Å². The molecule has 0 bridgehead atoms. The molecule has 5 nitrogen and oxygen atoms in total. The number of hydrogen-bond acceptors (Lipinski definition) is 5. The van der Waals surface area contributed by atoms with Crippen molar-refractivity contribution in [3.63, 3.8) is 0 Å². The summed E-state index contributed by atoms with van der Waals surface area (Å²) in [6, 6.07) is 3.25. The van der Waals surface area contributed by atoms with Crippen LogP contribution in [0, 0.1) is 5.82 Å². The van der Waals surface area contributed by atoms with E-state index in [9.17, 15) is 4.39 Å². The van der Waals surface area contributed by atoms with E-state index < -0.39 is 0 Å². The Labute approximate surface area is 118 Å². The third-order valence-corrected chi connectivity index (χ3v) is 3.62. The third-order valence-electron chi connectivity index (χ3n) is 3.62. The Hall–Kier alpha value is -1.08. The normalized spacial score (nSPS) is 21.9. The molecule has 1 aliphatic rings. The van der Waals surface area contributed by atoms with Crippen LogP contribution in [0.3, 0.4) is 0 Å². The Morgan fingerprint density at radius 2 is 2.45 bits per heavy atom. The lowest BCUT2D eigenvalue weighted by Gasteiger charge is -2.32. The summed E-state index contributed by atoms with van der Waals surface area (Å²) in [6.45, 7) is 3.24. The number of aliphatic hydroxyl groups excluding tert-OH is 1. The molecule has 1 saturated heterocycles. The van der Waals surface area contributed by atoms with Crippen LogP contribution in [0.5, 0.6) is 0 Å². The number of nitrogens with one attached hydrogen (secondary N) is 1. The highest BCUT2D eigenvalue weighted by atomic mass is 19.1. The van der Waals surface area contributed by atoms with Crippen molar-refractivity contribution in [2.45, 2.75) is 18.6 Å². The fourth-order valence-corrected chi connectivity index (χ4v) is 2.44. The van der Waals surface area contributed by atoms with Gasteiger partial charge in [0.1, 0.15) is 5.82 Å². The van der Waals surface area contributed by atoms with Gasteiger partial charge in [0, 0.05) is 19.6 Å². The van der Waals surface area contributed by atoms with Crippen LogP contribution in [0.4, 0.5) is 4.39 Å². The van der Waals surface area contributed by atoms with Crippen LogP contribution < -0.4 is 5.32 Å². The van der Waals surface area contributed by atoms with Gasteiger partial charge in [0.15, 0.2) is 0 Å². The number of hydrogen-bond donors (Lipinski definition) is 2. The Balaban J connectivity index is 1.85. The second-order valence-corrected chi connectivity index (χ2v) is 5.01. The van der Waals surface area contributed by atoms with Crippen molar-refractivity contribution in [1.82, 2.24) is 15.2 Å². The predicted octanol–water partition coefficient (Wildman–Crippen LogP) is 0.564. The molecule has 1 fully saturated rings. The molecule has 2 atom stereocenters. The Kier molecular flexibility index (Phi) is 5.85. The fraction of sp³-hybridized carbons (Fsp3) is 0.643. The zero-order chi connectivity index (χ0) is 14.4. The van der Waals surface area contributed by atoms with Crippen molar-refractivity contribution in [2.75, 3.05) is 39.9 Å². The molecule has 20 heavy (non-hydrogen) atoms. The van der Waals surface area contributed by atoms with E-state index in [0.717, 1.165) is 31.7 Å². The zero-order valence-corrected chi connectivity index (χ0v) is 11.8. The zero-order valence-electron chi connectivity index (χ0n) is 11.8. The largest absolute Gasteiger partial charge is 0.394 e. The highest BCUT2D eigenvalue weighted by Gasteiger charge is 2.20. The maximum atomic E-state index is 12.9. The first-order valence-electron chi connectivity index (χ1n) is 6.96. The number of morpholine rings is 1. The summed E-state index contributed by atoms with van der Waals surface area (Å²) < 4.78 is 18.3. The number of ether oxygens (including phenoxy) is 1. The lowest BCUT2D eigenvalue weighted by Crippen LogP contribution is -2.44. The van der Waals surface area contributed by atoms with Crippen LogP contribution in [0.1, 0.15) is 18.2 Å². The molecule has 2 rings (SSSR count). The van der Waals surface area contributed by atoms with Gasteiger partial charge in [-0.25, -0.2) is 4.39 Å². The summed E-state index contributed by atoms with van der Waals surface area (Å²) in [4.78, 5) is 6.40. The van der Waals surface area contributed by atoms with Crippen LogP contribution in [0.15, 0.2) is 18.3 Å². The minimum atomic E-state index is -0.317. The van der Waals surface area contributed by atoms with Gasteiger partial charge in [0.2, 0.25) is 0 Å². The molecule has 112 valence electrons. The van der Waals surface area contributed by atoms with Crippen molar-refractivity contribution in [3.05, 3.63) is 29.8 Å². The molecule has 1 aromatic rings. The topological polar surface area (TPSA) is 57.6 Å². The summed E-state index contributed by atoms with van der Waals surface area (Å²) in [7, 11) is 1.88. The van der Waals surface area contributed by atoms with E-state index >= 15 is 0 Å². The highest BCUT2D eigenvalue weighted by Crippen LogP contribution is 2.16. The first-order valence-corrected chi connectivity index (χ1v) is 6.96. The Morgan fingerprint density at radius 3 is 3.10 bits per heavy atom. The number of aliphatic hydroxyl groups is 1. The predicted molar refractivity (Wildman–Crippen MR) is 73.9 cm³/mol. The van der Waals surface area contributed by atoms with Gasteiger partial charge in [-0.3, -0.25) is 9.88 Å². The molecule has 0 amide bonds. The average molecular weight is 283 g/mol. The summed E-state index contributed by atoms with van der Waals surface area (Å²) in [6.07, 6.45) is 2.05. The van der Waals surface area contributed by atoms with E-state index in [1.54, 1.807) is 6.07 Å². The van der Waals surface area contributed by atoms with Gasteiger partial charge < -0.3 is 15.2 Å². The Morgan fingerprint density at radius 1 is 1.60 bits per heavy atom. The lowest BCUT2D eigenvalue weighted by atomic mass is 10.1. The molecule has 2 heterocycles. The van der Waals surface area contributed by atoms with Crippen LogP contribution >= 0.6 is 0 Å². The van der Waals surface area contributed by atoms with Crippen LogP contribution in [-0.2, 0) is 4.74 Å². The summed E-state index contributed by atoms with van der Waals surface area (Å²) in [5.74, 6) is -0.317. The summed E-state index contributed by atoms with van der Waals surface area (Å²) >= 11 is 0. The first-order chi connectivity index (χ1) is 9.72. The standard InChI is InChI=1S/C14H22FN3O2/c1-16-13(14-3-2-11(15)8-17-14)4-5-18-6-7-20-12(9-18)10-19/h2-3,8,12-13,16,19H,4-7,9-10H2,1H3. The first kappa shape index (κ1) is 15.3. The fourth-order valence-electron chi connectivity index (χ4n) is 2.44. The van der Waals surface area contributed by atoms with Gasteiger partial charge in [-0.2, -0.15) is 0 Å². The summed E-state index contributed by atoms with van der Waals surface area (Å²) in [5.41, 5.74) is 0.848. The van der Waals surface area contributed by atoms with Crippen molar-refractivity contribution < 1.29 is 14.2 Å². The molecule has 0 aromatic carbocycles. The summed E-state index contributed by atoms with van der Waals surface area (Å²) in [5, 5.41) is 12.3. The number of rotatable bonds is 6. The van der Waals surface area contributed by atoms with Crippen LogP contribution in [0.25, 0.3) is 0 Å². The van der Waals surface area contributed by atoms with E-state index in [0.29, 0.717) is 6.61 Å². The third kappa shape index (κ3) is 4.21. The lowest BCUT2D eigenvalue weighted by molar-refractivity contribution is -0.0533. The van der Waals surface area contributed by atoms with Gasteiger partial charge in [0.25, 0.3) is 0 Å². The number of halogens is 1. The van der Waals surface area contributed by atoms with E-state index in [4.69, 9.17) is 9.84 Å². The van der Waals surface area contributed by atoms with E-state index in [1.807, 2.05) is 7.05 Å². The smallest absolute Gasteiger partial charge is 0.141 e. The quantitative estimate of drug-likeness (QED) is 0.799. The molecule has 0 spiro atoms. The molecule has 0 aliphatic carbocycles. The molecule has 0 radical (unpaired) electrons. The van der Waals surface area contributed by atoms with Crippen molar-refractivity contribution in [1.29, 1.82) is 0 Å². The second-order valence-electron chi connectivity index (χ2n) is 5.01. The maximum absolute atomic E-state index is 12.9. The van der Waals surface area contributed by atoms with Gasteiger partial charge in [-0.05, 0) is 25.6 Å². The molecule has 1 aromatic heterocycles. The molecular formula is C14H22FN3O2. The van der Waals surface area contributed by atoms with Gasteiger partial charge in [-0.15, -0.1) is 0 Å². The molecule has 2 N–H and O–H groups in total. The average Bonchev–Trinajstić information content (AvgIpc) is 2.50. The van der Waals surface area contributed by atoms with Gasteiger partial charge in [0.05, 0.1) is 37.3 Å². The molecule has 1 aliphatic heterocycles. The monoisotopic (exact) mass is 283 g/mol.